The van der Waals surface area contributed by atoms with Crippen LogP contribution in [-0.4, -0.2) is 22.9 Å². The topological polar surface area (TPSA) is 3.24 Å². The summed E-state index contributed by atoms with van der Waals surface area (Å²) in [4.78, 5) is 0. The van der Waals surface area contributed by atoms with Crippen molar-refractivity contribution < 1.29 is 4.39 Å². The van der Waals surface area contributed by atoms with E-state index in [2.05, 4.69) is 26.0 Å². The van der Waals surface area contributed by atoms with Crippen molar-refractivity contribution in [2.45, 2.75) is 6.42 Å². The molecule has 0 aromatic heterocycles. The molecular formula is C5H9FIN. The standard InChI is InChI=1S/C5H9FIN/c6-2-1-5-3-8(7)4-5/h5H,1-4H2. The average molecular weight is 229 g/mol. The summed E-state index contributed by atoms with van der Waals surface area (Å²) in [6, 6.07) is 0. The third-order valence-electron chi connectivity index (χ3n) is 1.43. The number of nitrogens with zero attached hydrogens (tertiary/aromatic N) is 1. The monoisotopic (exact) mass is 229 g/mol. The van der Waals surface area contributed by atoms with Crippen molar-refractivity contribution >= 4 is 22.9 Å². The summed E-state index contributed by atoms with van der Waals surface area (Å²) >= 11 is 2.26. The molecule has 3 heteroatoms. The zero-order chi connectivity index (χ0) is 5.98. The van der Waals surface area contributed by atoms with E-state index in [0.29, 0.717) is 5.92 Å². The highest BCUT2D eigenvalue weighted by atomic mass is 127. The molecule has 48 valence electrons. The minimum Gasteiger partial charge on any atom is -0.251 e. The van der Waals surface area contributed by atoms with Gasteiger partial charge in [0.25, 0.3) is 0 Å². The molecule has 0 unspecified atom stereocenters. The molecule has 0 amide bonds. The molecule has 0 radical (unpaired) electrons. The Hall–Kier alpha value is 0.620. The molecule has 0 aromatic carbocycles. The van der Waals surface area contributed by atoms with Gasteiger partial charge in [-0.05, 0) is 12.3 Å². The van der Waals surface area contributed by atoms with Gasteiger partial charge in [-0.3, -0.25) is 4.39 Å². The molecule has 0 atom stereocenters. The van der Waals surface area contributed by atoms with Crippen LogP contribution in [0.2, 0.25) is 0 Å². The van der Waals surface area contributed by atoms with E-state index >= 15 is 0 Å². The normalized spacial score (nSPS) is 23.2. The molecule has 8 heavy (non-hydrogen) atoms. The van der Waals surface area contributed by atoms with E-state index in [9.17, 15) is 4.39 Å². The van der Waals surface area contributed by atoms with Crippen LogP contribution in [0.4, 0.5) is 4.39 Å². The molecule has 1 nitrogen and oxygen atoms in total. The Bertz CT molecular complexity index is 70.1. The fraction of sp³-hybridized carbons (Fsp3) is 1.00. The van der Waals surface area contributed by atoms with Crippen LogP contribution in [0, 0.1) is 5.92 Å². The summed E-state index contributed by atoms with van der Waals surface area (Å²) in [7, 11) is 0. The number of rotatable bonds is 2. The lowest BCUT2D eigenvalue weighted by Crippen LogP contribution is -2.39. The van der Waals surface area contributed by atoms with Gasteiger partial charge in [0.1, 0.15) is 0 Å². The highest BCUT2D eigenvalue weighted by molar-refractivity contribution is 14.1. The largest absolute Gasteiger partial charge is 0.251 e. The SMILES string of the molecule is FCCC1CN(I)C1. The van der Waals surface area contributed by atoms with Crippen LogP contribution in [0.1, 0.15) is 6.42 Å². The van der Waals surface area contributed by atoms with Crippen LogP contribution in [0.15, 0.2) is 0 Å². The number of alkyl halides is 1. The first kappa shape index (κ1) is 6.74. The smallest absolute Gasteiger partial charge is 0.0898 e. The van der Waals surface area contributed by atoms with Gasteiger partial charge in [-0.15, -0.1) is 0 Å². The maximum absolute atomic E-state index is 11.6. The van der Waals surface area contributed by atoms with Crippen LogP contribution in [-0.2, 0) is 0 Å². The molecular weight excluding hydrogens is 220 g/mol. The highest BCUT2D eigenvalue weighted by Crippen LogP contribution is 2.21. The molecule has 0 spiro atoms. The van der Waals surface area contributed by atoms with Gasteiger partial charge in [0, 0.05) is 36.0 Å². The predicted octanol–water partition coefficient (Wildman–Crippen LogP) is 1.63. The lowest BCUT2D eigenvalue weighted by Gasteiger charge is -2.33. The highest BCUT2D eigenvalue weighted by Gasteiger charge is 2.23. The lowest BCUT2D eigenvalue weighted by atomic mass is 10.0. The summed E-state index contributed by atoms with van der Waals surface area (Å²) in [6.07, 6.45) is 0.763. The van der Waals surface area contributed by atoms with E-state index in [1.54, 1.807) is 0 Å². The maximum Gasteiger partial charge on any atom is 0.0898 e. The van der Waals surface area contributed by atoms with Crippen LogP contribution in [0.25, 0.3) is 0 Å². The Balaban J connectivity index is 1.98. The third kappa shape index (κ3) is 1.55. The Labute approximate surface area is 62.7 Å². The molecule has 1 saturated heterocycles. The van der Waals surface area contributed by atoms with E-state index < -0.39 is 0 Å². The van der Waals surface area contributed by atoms with Crippen LogP contribution >= 0.6 is 22.9 Å². The average Bonchev–Trinajstić information content (AvgIpc) is 1.64. The fourth-order valence-corrected chi connectivity index (χ4v) is 1.96. The van der Waals surface area contributed by atoms with E-state index in [0.717, 1.165) is 19.5 Å². The van der Waals surface area contributed by atoms with Crippen molar-refractivity contribution in [2.24, 2.45) is 5.92 Å². The molecule has 1 aliphatic heterocycles. The quantitative estimate of drug-likeness (QED) is 0.513. The Morgan fingerprint density at radius 1 is 1.62 bits per heavy atom. The zero-order valence-corrected chi connectivity index (χ0v) is 6.77. The van der Waals surface area contributed by atoms with Gasteiger partial charge >= 0.3 is 0 Å². The first-order valence-electron chi connectivity index (χ1n) is 2.79. The van der Waals surface area contributed by atoms with Crippen molar-refractivity contribution in [2.75, 3.05) is 19.8 Å². The summed E-state index contributed by atoms with van der Waals surface area (Å²) in [5.41, 5.74) is 0. The molecule has 1 heterocycles. The Kier molecular flexibility index (Phi) is 2.49. The predicted molar refractivity (Wildman–Crippen MR) is 39.7 cm³/mol. The van der Waals surface area contributed by atoms with Crippen LogP contribution < -0.4 is 0 Å². The first-order valence-corrected chi connectivity index (χ1v) is 3.76. The molecule has 0 N–H and O–H groups in total. The molecule has 0 aromatic rings. The van der Waals surface area contributed by atoms with Crippen molar-refractivity contribution in [3.63, 3.8) is 0 Å². The second kappa shape index (κ2) is 2.96. The van der Waals surface area contributed by atoms with Gasteiger partial charge in [-0.25, -0.2) is 3.11 Å². The zero-order valence-electron chi connectivity index (χ0n) is 4.61. The molecule has 0 aliphatic carbocycles. The summed E-state index contributed by atoms with van der Waals surface area (Å²) in [6.45, 7) is 2.03. The molecule has 1 rings (SSSR count). The van der Waals surface area contributed by atoms with Crippen molar-refractivity contribution in [3.05, 3.63) is 0 Å². The van der Waals surface area contributed by atoms with E-state index in [4.69, 9.17) is 0 Å². The number of hydrogen-bond donors (Lipinski definition) is 0. The molecule has 1 fully saturated rings. The second-order valence-electron chi connectivity index (χ2n) is 2.17. The Morgan fingerprint density at radius 3 is 2.62 bits per heavy atom. The first-order chi connectivity index (χ1) is 3.83. The second-order valence-corrected chi connectivity index (χ2v) is 3.54. The molecule has 1 aliphatic rings. The van der Waals surface area contributed by atoms with Gasteiger partial charge in [0.05, 0.1) is 6.67 Å². The third-order valence-corrected chi connectivity index (χ3v) is 2.22. The van der Waals surface area contributed by atoms with Crippen molar-refractivity contribution in [1.82, 2.24) is 3.11 Å². The van der Waals surface area contributed by atoms with Gasteiger partial charge in [0.2, 0.25) is 0 Å². The summed E-state index contributed by atoms with van der Waals surface area (Å²) in [5, 5.41) is 0. The maximum atomic E-state index is 11.6. The molecule has 0 bridgehead atoms. The van der Waals surface area contributed by atoms with Gasteiger partial charge in [0.15, 0.2) is 0 Å². The summed E-state index contributed by atoms with van der Waals surface area (Å²) in [5.74, 6) is 0.650. The van der Waals surface area contributed by atoms with E-state index in [-0.39, 0.29) is 6.67 Å². The van der Waals surface area contributed by atoms with E-state index in [1.165, 1.54) is 0 Å². The number of halogens is 2. The Morgan fingerprint density at radius 2 is 2.25 bits per heavy atom. The van der Waals surface area contributed by atoms with Crippen LogP contribution in [0.3, 0.4) is 0 Å². The summed E-state index contributed by atoms with van der Waals surface area (Å²) < 4.78 is 13.7. The van der Waals surface area contributed by atoms with Gasteiger partial charge < -0.3 is 0 Å². The number of hydrogen-bond acceptors (Lipinski definition) is 1. The van der Waals surface area contributed by atoms with E-state index in [1.807, 2.05) is 0 Å². The molecule has 0 saturated carbocycles. The van der Waals surface area contributed by atoms with Crippen molar-refractivity contribution in [3.8, 4) is 0 Å². The minimum atomic E-state index is -0.144. The van der Waals surface area contributed by atoms with Crippen LogP contribution in [0.5, 0.6) is 0 Å². The minimum absolute atomic E-state index is 0.144. The van der Waals surface area contributed by atoms with Crippen molar-refractivity contribution in [1.29, 1.82) is 0 Å². The van der Waals surface area contributed by atoms with Gasteiger partial charge in [-0.2, -0.15) is 0 Å². The fourth-order valence-electron chi connectivity index (χ4n) is 0.844. The van der Waals surface area contributed by atoms with Gasteiger partial charge in [-0.1, -0.05) is 0 Å². The lowest BCUT2D eigenvalue weighted by molar-refractivity contribution is 0.213.